The standard InChI is InChI=1S/C19H23N5O2/c25-19(17-11-20-6-7-21-17)24-8-4-14(5-9-24)12-26-18-10-16(22-13-23-18)15-2-1-3-15/h6-7,10-11,13-15H,1-5,8-9,12H2. The zero-order valence-electron chi connectivity index (χ0n) is 14.8. The van der Waals surface area contributed by atoms with Crippen molar-refractivity contribution in [2.75, 3.05) is 19.7 Å². The van der Waals surface area contributed by atoms with Gasteiger partial charge < -0.3 is 9.64 Å². The van der Waals surface area contributed by atoms with E-state index in [9.17, 15) is 4.79 Å². The molecule has 2 aromatic rings. The molecule has 1 amide bonds. The molecule has 0 spiro atoms. The number of hydrogen-bond acceptors (Lipinski definition) is 6. The normalized spacial score (nSPS) is 18.4. The molecule has 0 unspecified atom stereocenters. The highest BCUT2D eigenvalue weighted by atomic mass is 16.5. The summed E-state index contributed by atoms with van der Waals surface area (Å²) in [6.45, 7) is 2.08. The van der Waals surface area contributed by atoms with Gasteiger partial charge in [0.15, 0.2) is 0 Å². The van der Waals surface area contributed by atoms with Gasteiger partial charge in [-0.05, 0) is 31.6 Å². The van der Waals surface area contributed by atoms with Gasteiger partial charge in [0, 0.05) is 37.5 Å². The number of aromatic nitrogens is 4. The van der Waals surface area contributed by atoms with Crippen LogP contribution in [0.4, 0.5) is 0 Å². The first-order chi connectivity index (χ1) is 12.8. The van der Waals surface area contributed by atoms with Crippen LogP contribution in [0.5, 0.6) is 5.88 Å². The van der Waals surface area contributed by atoms with Crippen molar-refractivity contribution in [3.63, 3.8) is 0 Å². The van der Waals surface area contributed by atoms with Gasteiger partial charge in [0.2, 0.25) is 5.88 Å². The second kappa shape index (κ2) is 7.76. The molecule has 1 saturated carbocycles. The molecule has 1 aliphatic heterocycles. The first-order valence-electron chi connectivity index (χ1n) is 9.29. The van der Waals surface area contributed by atoms with Crippen molar-refractivity contribution >= 4 is 5.91 Å². The lowest BCUT2D eigenvalue weighted by atomic mass is 9.83. The number of amides is 1. The molecule has 4 rings (SSSR count). The Bertz CT molecular complexity index is 743. The number of nitrogens with zero attached hydrogens (tertiary/aromatic N) is 5. The van der Waals surface area contributed by atoms with E-state index in [-0.39, 0.29) is 5.91 Å². The Morgan fingerprint density at radius 2 is 1.96 bits per heavy atom. The number of piperidine rings is 1. The SMILES string of the molecule is O=C(c1cnccn1)N1CCC(COc2cc(C3CCC3)ncn2)CC1. The van der Waals surface area contributed by atoms with E-state index in [1.807, 2.05) is 11.0 Å². The van der Waals surface area contributed by atoms with Crippen LogP contribution in [0.15, 0.2) is 31.0 Å². The van der Waals surface area contributed by atoms with E-state index >= 15 is 0 Å². The van der Waals surface area contributed by atoms with Gasteiger partial charge in [-0.25, -0.2) is 15.0 Å². The predicted octanol–water partition coefficient (Wildman–Crippen LogP) is 2.47. The summed E-state index contributed by atoms with van der Waals surface area (Å²) < 4.78 is 5.91. The fraction of sp³-hybridized carbons (Fsp3) is 0.526. The molecule has 3 heterocycles. The minimum absolute atomic E-state index is 0.0431. The first kappa shape index (κ1) is 16.9. The molecule has 1 saturated heterocycles. The number of likely N-dealkylation sites (tertiary alicyclic amines) is 1. The molecule has 136 valence electrons. The summed E-state index contributed by atoms with van der Waals surface area (Å²) in [6, 6.07) is 1.98. The van der Waals surface area contributed by atoms with E-state index in [1.54, 1.807) is 18.7 Å². The van der Waals surface area contributed by atoms with Crippen LogP contribution >= 0.6 is 0 Å². The zero-order chi connectivity index (χ0) is 17.8. The molecule has 1 aliphatic carbocycles. The lowest BCUT2D eigenvalue weighted by Gasteiger charge is -2.31. The minimum atomic E-state index is -0.0431. The number of ether oxygens (including phenoxy) is 1. The Morgan fingerprint density at radius 3 is 2.65 bits per heavy atom. The molecule has 0 atom stereocenters. The maximum absolute atomic E-state index is 12.4. The molecule has 2 aliphatic rings. The summed E-state index contributed by atoms with van der Waals surface area (Å²) in [6.07, 6.45) is 11.8. The van der Waals surface area contributed by atoms with E-state index in [0.717, 1.165) is 31.6 Å². The van der Waals surface area contributed by atoms with Crippen molar-refractivity contribution in [3.05, 3.63) is 42.4 Å². The Labute approximate surface area is 152 Å². The van der Waals surface area contributed by atoms with Crippen molar-refractivity contribution in [1.82, 2.24) is 24.8 Å². The van der Waals surface area contributed by atoms with Gasteiger partial charge in [0.1, 0.15) is 12.0 Å². The maximum Gasteiger partial charge on any atom is 0.274 e. The lowest BCUT2D eigenvalue weighted by molar-refractivity contribution is 0.0653. The molecule has 0 radical (unpaired) electrons. The van der Waals surface area contributed by atoms with Crippen LogP contribution in [0, 0.1) is 5.92 Å². The summed E-state index contributed by atoms with van der Waals surface area (Å²) in [5, 5.41) is 0. The zero-order valence-corrected chi connectivity index (χ0v) is 14.8. The molecule has 0 aromatic carbocycles. The molecular formula is C19H23N5O2. The third-order valence-corrected chi connectivity index (χ3v) is 5.34. The highest BCUT2D eigenvalue weighted by molar-refractivity contribution is 5.91. The Hall–Kier alpha value is -2.57. The van der Waals surface area contributed by atoms with E-state index in [2.05, 4.69) is 19.9 Å². The van der Waals surface area contributed by atoms with E-state index in [0.29, 0.717) is 30.0 Å². The van der Waals surface area contributed by atoms with Crippen molar-refractivity contribution in [2.24, 2.45) is 5.92 Å². The molecule has 7 heteroatoms. The lowest BCUT2D eigenvalue weighted by Crippen LogP contribution is -2.40. The van der Waals surface area contributed by atoms with E-state index < -0.39 is 0 Å². The Kier molecular flexibility index (Phi) is 5.04. The quantitative estimate of drug-likeness (QED) is 0.821. The van der Waals surface area contributed by atoms with Crippen LogP contribution < -0.4 is 4.74 Å². The highest BCUT2D eigenvalue weighted by Crippen LogP contribution is 2.35. The predicted molar refractivity (Wildman–Crippen MR) is 94.8 cm³/mol. The number of hydrogen-bond donors (Lipinski definition) is 0. The second-order valence-corrected chi connectivity index (χ2v) is 7.05. The Balaban J connectivity index is 1.26. The van der Waals surface area contributed by atoms with Crippen molar-refractivity contribution in [1.29, 1.82) is 0 Å². The van der Waals surface area contributed by atoms with Gasteiger partial charge in [-0.2, -0.15) is 0 Å². The van der Waals surface area contributed by atoms with E-state index in [1.165, 1.54) is 25.5 Å². The fourth-order valence-corrected chi connectivity index (χ4v) is 3.44. The largest absolute Gasteiger partial charge is 0.477 e. The van der Waals surface area contributed by atoms with Gasteiger partial charge in [-0.1, -0.05) is 6.42 Å². The molecule has 0 bridgehead atoms. The highest BCUT2D eigenvalue weighted by Gasteiger charge is 2.25. The van der Waals surface area contributed by atoms with Crippen LogP contribution in [0.2, 0.25) is 0 Å². The summed E-state index contributed by atoms with van der Waals surface area (Å²) >= 11 is 0. The summed E-state index contributed by atoms with van der Waals surface area (Å²) in [7, 11) is 0. The molecule has 7 nitrogen and oxygen atoms in total. The van der Waals surface area contributed by atoms with Crippen LogP contribution in [0.1, 0.15) is 54.2 Å². The third kappa shape index (κ3) is 3.81. The smallest absolute Gasteiger partial charge is 0.274 e. The van der Waals surface area contributed by atoms with Gasteiger partial charge in [-0.15, -0.1) is 0 Å². The van der Waals surface area contributed by atoms with E-state index in [4.69, 9.17) is 4.74 Å². The molecule has 26 heavy (non-hydrogen) atoms. The average molecular weight is 353 g/mol. The maximum atomic E-state index is 12.4. The summed E-state index contributed by atoms with van der Waals surface area (Å²) in [4.78, 5) is 30.9. The first-order valence-corrected chi connectivity index (χ1v) is 9.29. The average Bonchev–Trinajstić information content (AvgIpc) is 2.66. The number of carbonyl (C=O) groups excluding carboxylic acids is 1. The third-order valence-electron chi connectivity index (χ3n) is 5.34. The van der Waals surface area contributed by atoms with Crippen LogP contribution in [-0.4, -0.2) is 50.4 Å². The fourth-order valence-electron chi connectivity index (χ4n) is 3.44. The van der Waals surface area contributed by atoms with Crippen molar-refractivity contribution in [3.8, 4) is 5.88 Å². The van der Waals surface area contributed by atoms with Gasteiger partial charge >= 0.3 is 0 Å². The monoisotopic (exact) mass is 353 g/mol. The van der Waals surface area contributed by atoms with Crippen LogP contribution in [0.3, 0.4) is 0 Å². The van der Waals surface area contributed by atoms with Gasteiger partial charge in [0.25, 0.3) is 5.91 Å². The van der Waals surface area contributed by atoms with Crippen LogP contribution in [0.25, 0.3) is 0 Å². The molecular weight excluding hydrogens is 330 g/mol. The number of rotatable bonds is 5. The minimum Gasteiger partial charge on any atom is -0.477 e. The summed E-state index contributed by atoms with van der Waals surface area (Å²) in [5.41, 5.74) is 1.51. The molecule has 2 fully saturated rings. The second-order valence-electron chi connectivity index (χ2n) is 7.05. The number of carbonyl (C=O) groups is 1. The topological polar surface area (TPSA) is 81.1 Å². The van der Waals surface area contributed by atoms with Crippen molar-refractivity contribution < 1.29 is 9.53 Å². The summed E-state index contributed by atoms with van der Waals surface area (Å²) in [5.74, 6) is 1.64. The van der Waals surface area contributed by atoms with Gasteiger partial charge in [0.05, 0.1) is 18.5 Å². The van der Waals surface area contributed by atoms with Crippen LogP contribution in [-0.2, 0) is 0 Å². The van der Waals surface area contributed by atoms with Crippen molar-refractivity contribution in [2.45, 2.75) is 38.0 Å². The Morgan fingerprint density at radius 1 is 1.12 bits per heavy atom. The molecule has 0 N–H and O–H groups in total. The van der Waals surface area contributed by atoms with Gasteiger partial charge in [-0.3, -0.25) is 9.78 Å². The molecule has 2 aromatic heterocycles.